The lowest BCUT2D eigenvalue weighted by molar-refractivity contribution is -0.124. The number of carbonyl (C=O) groups excluding carboxylic acids is 2. The third kappa shape index (κ3) is 4.60. The van der Waals surface area contributed by atoms with Crippen LogP contribution in [0.4, 0.5) is 10.1 Å². The van der Waals surface area contributed by atoms with E-state index < -0.39 is 17.9 Å². The molecule has 5 nitrogen and oxygen atoms in total. The average Bonchev–Trinajstić information content (AvgIpc) is 2.29. The van der Waals surface area contributed by atoms with Crippen LogP contribution in [0.15, 0.2) is 24.3 Å². The van der Waals surface area contributed by atoms with Crippen LogP contribution in [0.25, 0.3) is 0 Å². The lowest BCUT2D eigenvalue weighted by atomic mass is 10.3. The maximum absolute atomic E-state index is 12.6. The van der Waals surface area contributed by atoms with Crippen LogP contribution in [-0.4, -0.2) is 24.4 Å². The maximum Gasteiger partial charge on any atom is 0.243 e. The molecule has 1 atom stereocenters. The molecule has 0 radical (unpaired) electrons. The summed E-state index contributed by atoms with van der Waals surface area (Å²) in [6.45, 7) is 1.35. The number of anilines is 1. The molecule has 1 aromatic rings. The van der Waals surface area contributed by atoms with Crippen LogP contribution in [0, 0.1) is 5.82 Å². The van der Waals surface area contributed by atoms with Crippen LogP contribution in [0.1, 0.15) is 6.92 Å². The summed E-state index contributed by atoms with van der Waals surface area (Å²) in [6.07, 6.45) is 0. The molecule has 2 amide bonds. The zero-order valence-electron chi connectivity index (χ0n) is 9.37. The number of benzene rings is 1. The molecular weight excluding hydrogens is 225 g/mol. The summed E-state index contributed by atoms with van der Waals surface area (Å²) in [7, 11) is 0. The van der Waals surface area contributed by atoms with Crippen molar-refractivity contribution in [1.82, 2.24) is 5.32 Å². The van der Waals surface area contributed by atoms with Gasteiger partial charge in [-0.15, -0.1) is 0 Å². The second kappa shape index (κ2) is 5.95. The zero-order valence-corrected chi connectivity index (χ0v) is 9.37. The maximum atomic E-state index is 12.6. The molecular formula is C11H14FN3O2. The van der Waals surface area contributed by atoms with Gasteiger partial charge in [0.15, 0.2) is 0 Å². The molecule has 0 aliphatic rings. The third-order valence-corrected chi connectivity index (χ3v) is 1.96. The van der Waals surface area contributed by atoms with Crippen molar-refractivity contribution in [2.75, 3.05) is 11.9 Å². The molecule has 6 heteroatoms. The van der Waals surface area contributed by atoms with E-state index in [1.165, 1.54) is 31.2 Å². The molecule has 0 aliphatic carbocycles. The van der Waals surface area contributed by atoms with Crippen molar-refractivity contribution >= 4 is 17.5 Å². The number of hydrogen-bond donors (Lipinski definition) is 3. The van der Waals surface area contributed by atoms with Crippen molar-refractivity contribution in [2.24, 2.45) is 5.73 Å². The molecule has 0 bridgehead atoms. The predicted octanol–water partition coefficient (Wildman–Crippen LogP) is 0.228. The van der Waals surface area contributed by atoms with Gasteiger partial charge in [0.1, 0.15) is 5.82 Å². The fourth-order valence-electron chi connectivity index (χ4n) is 1.07. The van der Waals surface area contributed by atoms with Crippen molar-refractivity contribution in [3.05, 3.63) is 30.1 Å². The fourth-order valence-corrected chi connectivity index (χ4v) is 1.07. The second-order valence-corrected chi connectivity index (χ2v) is 3.56. The minimum atomic E-state index is -0.659. The van der Waals surface area contributed by atoms with Crippen molar-refractivity contribution in [1.29, 1.82) is 0 Å². The van der Waals surface area contributed by atoms with Crippen LogP contribution in [0.5, 0.6) is 0 Å². The smallest absolute Gasteiger partial charge is 0.243 e. The number of amides is 2. The Morgan fingerprint density at radius 1 is 1.35 bits per heavy atom. The first kappa shape index (κ1) is 13.1. The Hall–Kier alpha value is -1.95. The second-order valence-electron chi connectivity index (χ2n) is 3.56. The summed E-state index contributed by atoms with van der Waals surface area (Å²) in [4.78, 5) is 22.4. The molecule has 0 spiro atoms. The number of nitrogens with two attached hydrogens (primary N) is 1. The molecule has 0 unspecified atom stereocenters. The molecule has 0 aliphatic heterocycles. The standard InChI is InChI=1S/C11H14FN3O2/c1-7(13)11(17)14-6-10(16)15-9-4-2-8(12)3-5-9/h2-5,7H,6,13H2,1H3,(H,14,17)(H,15,16)/t7-/m0/s1. The first-order valence-corrected chi connectivity index (χ1v) is 5.08. The third-order valence-electron chi connectivity index (χ3n) is 1.96. The van der Waals surface area contributed by atoms with Crippen molar-refractivity contribution in [2.45, 2.75) is 13.0 Å². The summed E-state index contributed by atoms with van der Waals surface area (Å²) in [5, 5.41) is 4.87. The number of nitrogens with one attached hydrogen (secondary N) is 2. The van der Waals surface area contributed by atoms with Gasteiger partial charge in [0.25, 0.3) is 0 Å². The first-order valence-electron chi connectivity index (χ1n) is 5.08. The van der Waals surface area contributed by atoms with Gasteiger partial charge in [0.2, 0.25) is 11.8 Å². The van der Waals surface area contributed by atoms with Crippen LogP contribution in [0.2, 0.25) is 0 Å². The van der Waals surface area contributed by atoms with E-state index in [9.17, 15) is 14.0 Å². The van der Waals surface area contributed by atoms with Crippen LogP contribution >= 0.6 is 0 Å². The summed E-state index contributed by atoms with van der Waals surface area (Å²) in [5.41, 5.74) is 5.77. The average molecular weight is 239 g/mol. The predicted molar refractivity (Wildman–Crippen MR) is 61.7 cm³/mol. The van der Waals surface area contributed by atoms with E-state index in [-0.39, 0.29) is 12.4 Å². The van der Waals surface area contributed by atoms with Crippen LogP contribution in [0.3, 0.4) is 0 Å². The lowest BCUT2D eigenvalue weighted by Crippen LogP contribution is -2.41. The summed E-state index contributed by atoms with van der Waals surface area (Å²) in [5.74, 6) is -1.18. The molecule has 17 heavy (non-hydrogen) atoms. The Kier molecular flexibility index (Phi) is 4.59. The van der Waals surface area contributed by atoms with E-state index >= 15 is 0 Å². The summed E-state index contributed by atoms with van der Waals surface area (Å²) >= 11 is 0. The molecule has 1 rings (SSSR count). The van der Waals surface area contributed by atoms with Gasteiger partial charge in [-0.05, 0) is 31.2 Å². The Morgan fingerprint density at radius 3 is 2.47 bits per heavy atom. The highest BCUT2D eigenvalue weighted by Gasteiger charge is 2.09. The monoisotopic (exact) mass is 239 g/mol. The van der Waals surface area contributed by atoms with E-state index in [0.29, 0.717) is 5.69 Å². The number of hydrogen-bond acceptors (Lipinski definition) is 3. The first-order chi connectivity index (χ1) is 7.99. The normalized spacial score (nSPS) is 11.7. The van der Waals surface area contributed by atoms with Crippen molar-refractivity contribution in [3.63, 3.8) is 0 Å². The van der Waals surface area contributed by atoms with Crippen molar-refractivity contribution in [3.8, 4) is 0 Å². The van der Waals surface area contributed by atoms with E-state index in [1.54, 1.807) is 0 Å². The van der Waals surface area contributed by atoms with Gasteiger partial charge < -0.3 is 16.4 Å². The molecule has 0 saturated carbocycles. The van der Waals surface area contributed by atoms with Gasteiger partial charge in [0, 0.05) is 5.69 Å². The molecule has 0 heterocycles. The highest BCUT2D eigenvalue weighted by Crippen LogP contribution is 2.07. The van der Waals surface area contributed by atoms with Gasteiger partial charge >= 0.3 is 0 Å². The van der Waals surface area contributed by atoms with Gasteiger partial charge in [-0.2, -0.15) is 0 Å². The van der Waals surface area contributed by atoms with E-state index in [4.69, 9.17) is 5.73 Å². The largest absolute Gasteiger partial charge is 0.346 e. The van der Waals surface area contributed by atoms with Gasteiger partial charge in [-0.1, -0.05) is 0 Å². The van der Waals surface area contributed by atoms with E-state index in [0.717, 1.165) is 0 Å². The molecule has 0 fully saturated rings. The minimum absolute atomic E-state index is 0.169. The Labute approximate surface area is 98.2 Å². The highest BCUT2D eigenvalue weighted by atomic mass is 19.1. The molecule has 92 valence electrons. The van der Waals surface area contributed by atoms with Crippen LogP contribution in [-0.2, 0) is 9.59 Å². The molecule has 4 N–H and O–H groups in total. The van der Waals surface area contributed by atoms with Crippen molar-refractivity contribution < 1.29 is 14.0 Å². The highest BCUT2D eigenvalue weighted by molar-refractivity contribution is 5.95. The SMILES string of the molecule is C[C@H](N)C(=O)NCC(=O)Nc1ccc(F)cc1. The quantitative estimate of drug-likeness (QED) is 0.703. The van der Waals surface area contributed by atoms with E-state index in [1.807, 2.05) is 0 Å². The Balaban J connectivity index is 2.40. The summed E-state index contributed by atoms with van der Waals surface area (Å²) in [6, 6.07) is 4.67. The molecule has 0 aromatic heterocycles. The number of halogens is 1. The van der Waals surface area contributed by atoms with Gasteiger partial charge in [-0.25, -0.2) is 4.39 Å². The summed E-state index contributed by atoms with van der Waals surface area (Å²) < 4.78 is 12.6. The zero-order chi connectivity index (χ0) is 12.8. The Bertz CT molecular complexity index is 404. The van der Waals surface area contributed by atoms with E-state index in [2.05, 4.69) is 10.6 Å². The minimum Gasteiger partial charge on any atom is -0.346 e. The Morgan fingerprint density at radius 2 is 1.94 bits per heavy atom. The number of carbonyl (C=O) groups is 2. The number of rotatable bonds is 4. The molecule has 0 saturated heterocycles. The lowest BCUT2D eigenvalue weighted by Gasteiger charge is -2.08. The van der Waals surface area contributed by atoms with Gasteiger partial charge in [-0.3, -0.25) is 9.59 Å². The fraction of sp³-hybridized carbons (Fsp3) is 0.273. The van der Waals surface area contributed by atoms with Gasteiger partial charge in [0.05, 0.1) is 12.6 Å². The van der Waals surface area contributed by atoms with Crippen LogP contribution < -0.4 is 16.4 Å². The molecule has 1 aromatic carbocycles. The topological polar surface area (TPSA) is 84.2 Å².